The predicted molar refractivity (Wildman–Crippen MR) is 85.1 cm³/mol. The van der Waals surface area contributed by atoms with Gasteiger partial charge in [0.25, 0.3) is 5.91 Å². The van der Waals surface area contributed by atoms with Crippen molar-refractivity contribution in [3.8, 4) is 0 Å². The maximum atomic E-state index is 12.0. The smallest absolute Gasteiger partial charge is 0.262 e. The van der Waals surface area contributed by atoms with E-state index in [-0.39, 0.29) is 11.8 Å². The van der Waals surface area contributed by atoms with Crippen molar-refractivity contribution in [1.82, 2.24) is 10.3 Å². The summed E-state index contributed by atoms with van der Waals surface area (Å²) in [6.45, 7) is 0.374. The quantitative estimate of drug-likeness (QED) is 0.854. The molecule has 0 aliphatic carbocycles. The Morgan fingerprint density at radius 2 is 2.14 bits per heavy atom. The summed E-state index contributed by atoms with van der Waals surface area (Å²) < 4.78 is 0. The third-order valence-corrected chi connectivity index (χ3v) is 4.13. The first-order chi connectivity index (χ1) is 10.7. The summed E-state index contributed by atoms with van der Waals surface area (Å²) >= 11 is 1.29. The fourth-order valence-corrected chi connectivity index (χ4v) is 2.89. The maximum absolute atomic E-state index is 12.0. The number of hydrogen-bond donors (Lipinski definition) is 2. The van der Waals surface area contributed by atoms with Gasteiger partial charge in [-0.1, -0.05) is 30.0 Å². The molecule has 2 aromatic rings. The number of nitrogens with zero attached hydrogens (tertiary/aromatic N) is 1. The van der Waals surface area contributed by atoms with E-state index >= 15 is 0 Å². The van der Waals surface area contributed by atoms with Crippen LogP contribution >= 0.6 is 11.8 Å². The fourth-order valence-electron chi connectivity index (χ4n) is 1.96. The van der Waals surface area contributed by atoms with Crippen LogP contribution < -0.4 is 10.6 Å². The zero-order valence-electron chi connectivity index (χ0n) is 11.6. The first-order valence-corrected chi connectivity index (χ1v) is 7.51. The van der Waals surface area contributed by atoms with Gasteiger partial charge >= 0.3 is 0 Å². The van der Waals surface area contributed by atoms with E-state index in [1.54, 1.807) is 18.5 Å². The molecule has 1 aliphatic rings. The van der Waals surface area contributed by atoms with E-state index in [1.807, 2.05) is 30.3 Å². The highest BCUT2D eigenvalue weighted by Crippen LogP contribution is 2.37. The molecule has 22 heavy (non-hydrogen) atoms. The zero-order chi connectivity index (χ0) is 15.4. The first kappa shape index (κ1) is 14.3. The second-order valence-corrected chi connectivity index (χ2v) is 5.72. The number of benzene rings is 1. The number of carbonyl (C=O) groups is 2. The summed E-state index contributed by atoms with van der Waals surface area (Å²) in [5, 5.41) is 5.51. The lowest BCUT2D eigenvalue weighted by atomic mass is 10.3. The summed E-state index contributed by atoms with van der Waals surface area (Å²) in [6.07, 6.45) is 4.69. The number of para-hydroxylation sites is 1. The topological polar surface area (TPSA) is 71.1 Å². The monoisotopic (exact) mass is 311 g/mol. The standard InChI is InChI=1S/C16H13N3O2S/c20-15(18-10-11-4-3-7-17-9-11)8-14-16(21)19-12-5-1-2-6-13(12)22-14/h1-9H,10H2,(H,18,20)(H,19,21)/b14-8-. The lowest BCUT2D eigenvalue weighted by molar-refractivity contribution is -0.117. The van der Waals surface area contributed by atoms with E-state index in [0.717, 1.165) is 16.1 Å². The highest BCUT2D eigenvalue weighted by Gasteiger charge is 2.21. The molecule has 2 heterocycles. The minimum absolute atomic E-state index is 0.264. The van der Waals surface area contributed by atoms with E-state index in [9.17, 15) is 9.59 Å². The van der Waals surface area contributed by atoms with Crippen LogP contribution in [0.5, 0.6) is 0 Å². The minimum Gasteiger partial charge on any atom is -0.348 e. The van der Waals surface area contributed by atoms with Crippen LogP contribution in [0.25, 0.3) is 0 Å². The fraction of sp³-hybridized carbons (Fsp3) is 0.0625. The molecule has 0 saturated heterocycles. The largest absolute Gasteiger partial charge is 0.348 e. The second kappa shape index (κ2) is 6.44. The molecule has 1 aromatic carbocycles. The summed E-state index contributed by atoms with van der Waals surface area (Å²) in [5.74, 6) is -0.568. The molecule has 0 bridgehead atoms. The van der Waals surface area contributed by atoms with Gasteiger partial charge in [0.2, 0.25) is 5.91 Å². The van der Waals surface area contributed by atoms with Gasteiger partial charge in [-0.05, 0) is 23.8 Å². The van der Waals surface area contributed by atoms with E-state index in [1.165, 1.54) is 17.8 Å². The van der Waals surface area contributed by atoms with Gasteiger partial charge in [-0.3, -0.25) is 14.6 Å². The molecule has 1 aliphatic heterocycles. The molecule has 0 unspecified atom stereocenters. The summed E-state index contributed by atoms with van der Waals surface area (Å²) in [7, 11) is 0. The molecule has 0 spiro atoms. The summed E-state index contributed by atoms with van der Waals surface area (Å²) in [4.78, 5) is 29.2. The van der Waals surface area contributed by atoms with Crippen molar-refractivity contribution in [3.05, 3.63) is 65.3 Å². The number of aromatic nitrogens is 1. The average Bonchev–Trinajstić information content (AvgIpc) is 2.55. The zero-order valence-corrected chi connectivity index (χ0v) is 12.4. The third kappa shape index (κ3) is 3.35. The molecule has 0 atom stereocenters. The maximum Gasteiger partial charge on any atom is 0.262 e. The predicted octanol–water partition coefficient (Wildman–Crippen LogP) is 2.33. The number of anilines is 1. The van der Waals surface area contributed by atoms with Crippen LogP contribution in [0.3, 0.4) is 0 Å². The lowest BCUT2D eigenvalue weighted by Gasteiger charge is -2.17. The van der Waals surface area contributed by atoms with Crippen molar-refractivity contribution >= 4 is 29.3 Å². The number of hydrogen-bond acceptors (Lipinski definition) is 4. The first-order valence-electron chi connectivity index (χ1n) is 6.69. The number of rotatable bonds is 3. The van der Waals surface area contributed by atoms with Crippen LogP contribution in [0.4, 0.5) is 5.69 Å². The Morgan fingerprint density at radius 1 is 1.27 bits per heavy atom. The lowest BCUT2D eigenvalue weighted by Crippen LogP contribution is -2.23. The van der Waals surface area contributed by atoms with Gasteiger partial charge in [0.15, 0.2) is 0 Å². The van der Waals surface area contributed by atoms with E-state index < -0.39 is 0 Å². The van der Waals surface area contributed by atoms with Crippen LogP contribution in [-0.2, 0) is 16.1 Å². The van der Waals surface area contributed by atoms with Gasteiger partial charge in [-0.2, -0.15) is 0 Å². The number of carbonyl (C=O) groups excluding carboxylic acids is 2. The van der Waals surface area contributed by atoms with Crippen molar-refractivity contribution in [1.29, 1.82) is 0 Å². The number of thioether (sulfide) groups is 1. The van der Waals surface area contributed by atoms with Crippen LogP contribution in [-0.4, -0.2) is 16.8 Å². The Morgan fingerprint density at radius 3 is 2.95 bits per heavy atom. The molecule has 110 valence electrons. The van der Waals surface area contributed by atoms with Crippen molar-refractivity contribution in [2.45, 2.75) is 11.4 Å². The highest BCUT2D eigenvalue weighted by molar-refractivity contribution is 8.04. The third-order valence-electron chi connectivity index (χ3n) is 3.03. The van der Waals surface area contributed by atoms with Gasteiger partial charge in [-0.25, -0.2) is 0 Å². The van der Waals surface area contributed by atoms with Gasteiger partial charge < -0.3 is 10.6 Å². The number of fused-ring (bicyclic) bond motifs is 1. The number of pyridine rings is 1. The van der Waals surface area contributed by atoms with E-state index in [4.69, 9.17) is 0 Å². The van der Waals surface area contributed by atoms with E-state index in [2.05, 4.69) is 15.6 Å². The molecular weight excluding hydrogens is 298 g/mol. The average molecular weight is 311 g/mol. The van der Waals surface area contributed by atoms with Crippen molar-refractivity contribution in [2.24, 2.45) is 0 Å². The molecule has 0 saturated carbocycles. The van der Waals surface area contributed by atoms with Crippen molar-refractivity contribution in [2.75, 3.05) is 5.32 Å². The molecule has 0 fully saturated rings. The van der Waals surface area contributed by atoms with Crippen LogP contribution in [0.15, 0.2) is 64.7 Å². The van der Waals surface area contributed by atoms with Crippen LogP contribution in [0.1, 0.15) is 5.56 Å². The number of amides is 2. The molecule has 3 rings (SSSR count). The normalized spacial score (nSPS) is 15.1. The number of nitrogens with one attached hydrogen (secondary N) is 2. The second-order valence-electron chi connectivity index (χ2n) is 4.64. The van der Waals surface area contributed by atoms with Crippen molar-refractivity contribution in [3.63, 3.8) is 0 Å². The SMILES string of the molecule is O=C(/C=C1\Sc2ccccc2NC1=O)NCc1cccnc1. The van der Waals surface area contributed by atoms with Gasteiger partial charge in [0.1, 0.15) is 0 Å². The Balaban J connectivity index is 1.67. The Kier molecular flexibility index (Phi) is 4.20. The molecule has 2 amide bonds. The van der Waals surface area contributed by atoms with Crippen LogP contribution in [0.2, 0.25) is 0 Å². The molecular formula is C16H13N3O2S. The minimum atomic E-state index is -0.305. The highest BCUT2D eigenvalue weighted by atomic mass is 32.2. The van der Waals surface area contributed by atoms with E-state index in [0.29, 0.717) is 11.4 Å². The molecule has 6 heteroatoms. The molecule has 1 aromatic heterocycles. The van der Waals surface area contributed by atoms with Gasteiger partial charge in [0.05, 0.1) is 10.6 Å². The Bertz CT molecular complexity index is 744. The van der Waals surface area contributed by atoms with Crippen molar-refractivity contribution < 1.29 is 9.59 Å². The van der Waals surface area contributed by atoms with Gasteiger partial charge in [-0.15, -0.1) is 0 Å². The molecule has 2 N–H and O–H groups in total. The van der Waals surface area contributed by atoms with Crippen LogP contribution in [0, 0.1) is 0 Å². The Hall–Kier alpha value is -2.60. The summed E-state index contributed by atoms with van der Waals surface area (Å²) in [6, 6.07) is 11.2. The van der Waals surface area contributed by atoms with Gasteiger partial charge in [0, 0.05) is 29.9 Å². The summed E-state index contributed by atoms with van der Waals surface area (Å²) in [5.41, 5.74) is 1.67. The Labute approximate surface area is 131 Å². The molecule has 0 radical (unpaired) electrons. The molecule has 5 nitrogen and oxygen atoms in total.